The van der Waals surface area contributed by atoms with Crippen molar-refractivity contribution in [2.75, 3.05) is 25.5 Å². The molecule has 17 nitrogen and oxygen atoms in total. The summed E-state index contributed by atoms with van der Waals surface area (Å²) in [6.07, 6.45) is 22.4. The number of unbranched alkanes of at least 4 members (excludes halogenated alkanes) is 3. The number of benzene rings is 3. The number of carbonyl (C=O) groups excluding carboxylic acids is 6. The number of amides is 5. The van der Waals surface area contributed by atoms with Gasteiger partial charge in [-0.3, -0.25) is 39.0 Å². The zero-order chi connectivity index (χ0) is 51.7. The van der Waals surface area contributed by atoms with Crippen LogP contribution >= 0.6 is 0 Å². The second kappa shape index (κ2) is 28.7. The molecule has 0 bridgehead atoms. The summed E-state index contributed by atoms with van der Waals surface area (Å²) in [6, 6.07) is 17.4. The number of allylic oxidation sites excluding steroid dienone is 6. The van der Waals surface area contributed by atoms with Gasteiger partial charge in [0.25, 0.3) is 17.5 Å². The molecule has 3 aromatic carbocycles. The molecule has 3 aromatic rings. The number of ether oxygens (including phenoxy) is 3. The Morgan fingerprint density at radius 3 is 2.24 bits per heavy atom. The van der Waals surface area contributed by atoms with Crippen molar-refractivity contribution in [3.8, 4) is 11.5 Å². The van der Waals surface area contributed by atoms with Crippen LogP contribution in [-0.2, 0) is 40.9 Å². The number of nitrogens with one attached hydrogen (secondary N) is 4. The number of nitrogens with zero attached hydrogens (tertiary/aromatic N) is 2. The van der Waals surface area contributed by atoms with Gasteiger partial charge in [-0.05, 0) is 118 Å². The summed E-state index contributed by atoms with van der Waals surface area (Å²) < 4.78 is 15.7. The summed E-state index contributed by atoms with van der Waals surface area (Å²) in [5, 5.41) is 23.5. The summed E-state index contributed by atoms with van der Waals surface area (Å²) in [6.45, 7) is 6.69. The fraction of sp³-hybridized carbons (Fsp3) is 0.345. The Labute approximate surface area is 420 Å². The lowest BCUT2D eigenvalue weighted by Crippen LogP contribution is -2.52. The predicted octanol–water partition coefficient (Wildman–Crippen LogP) is 8.74. The Hall–Kier alpha value is -7.92. The van der Waals surface area contributed by atoms with Crippen molar-refractivity contribution < 1.29 is 47.9 Å². The van der Waals surface area contributed by atoms with Crippen LogP contribution in [0.15, 0.2) is 146 Å². The van der Waals surface area contributed by atoms with E-state index in [0.29, 0.717) is 69.2 Å². The topological polar surface area (TPSA) is 225 Å². The van der Waals surface area contributed by atoms with Crippen LogP contribution in [0.1, 0.15) is 88.7 Å². The molecule has 3 atom stereocenters. The Balaban J connectivity index is 1.26. The SMILES string of the molecule is C=CCC(C/C=C\C)(NCCCCC(NC(=O)[C@H](CC1=CC=CCC=C1)NC(=O)CCCCCN1C(=O)C=CC1=O)C(=O)Nc1ccc(COC(=O)Oc2ccc([N+](=O)[O-])cc2)cc1)c1ccc(OC)cc1. The van der Waals surface area contributed by atoms with Gasteiger partial charge in [-0.25, -0.2) is 4.79 Å². The molecular formula is C55H64N6O11. The number of rotatable bonds is 29. The third-order valence-corrected chi connectivity index (χ3v) is 12.0. The summed E-state index contributed by atoms with van der Waals surface area (Å²) >= 11 is 0. The molecule has 1 heterocycles. The van der Waals surface area contributed by atoms with Gasteiger partial charge in [0.15, 0.2) is 0 Å². The van der Waals surface area contributed by atoms with Gasteiger partial charge < -0.3 is 35.5 Å². The standard InChI is InChI=1S/C55H64N6O11/c1-4-6-35-55(34-5-2,42-22-28-45(70-3)29-23-42)56-36-14-13-18-47(52(65)57-43-24-20-41(21-25-43)39-71-54(67)72-46-30-26-44(27-31-46)61(68)69)59-53(66)48(38-40-16-10-7-8-11-17-40)58-49(62)19-12-9-15-37-60-50(63)32-33-51(60)64/h4-7,10-11,16-17,20-33,47-48,56H,2,8-9,12-15,18-19,34-39H2,1,3H3,(H,57,65)(H,58,62)(H,59,66)/b6-4-/t47?,48-,55?/m0/s1. The van der Waals surface area contributed by atoms with Crippen LogP contribution in [0, 0.1) is 10.1 Å². The zero-order valence-electron chi connectivity index (χ0n) is 40.8. The quantitative estimate of drug-likeness (QED) is 0.00975. The molecule has 2 unspecified atom stereocenters. The van der Waals surface area contributed by atoms with Gasteiger partial charge in [0.2, 0.25) is 17.7 Å². The highest BCUT2D eigenvalue weighted by molar-refractivity contribution is 6.12. The lowest BCUT2D eigenvalue weighted by molar-refractivity contribution is -0.384. The van der Waals surface area contributed by atoms with E-state index in [1.165, 1.54) is 36.4 Å². The summed E-state index contributed by atoms with van der Waals surface area (Å²) in [7, 11) is 1.63. The first kappa shape index (κ1) is 55.0. The number of nitro groups is 1. The molecule has 72 heavy (non-hydrogen) atoms. The predicted molar refractivity (Wildman–Crippen MR) is 274 cm³/mol. The van der Waals surface area contributed by atoms with Crippen molar-refractivity contribution in [1.29, 1.82) is 0 Å². The van der Waals surface area contributed by atoms with E-state index < -0.39 is 40.5 Å². The third kappa shape index (κ3) is 17.5. The first-order valence-electron chi connectivity index (χ1n) is 24.1. The van der Waals surface area contributed by atoms with E-state index in [1.807, 2.05) is 73.7 Å². The highest BCUT2D eigenvalue weighted by Crippen LogP contribution is 2.32. The minimum absolute atomic E-state index is 0.0716. The Morgan fingerprint density at radius 1 is 0.833 bits per heavy atom. The van der Waals surface area contributed by atoms with Gasteiger partial charge in [0.05, 0.1) is 17.6 Å². The fourth-order valence-corrected chi connectivity index (χ4v) is 8.06. The number of nitro benzene ring substituents is 1. The average molecular weight is 985 g/mol. The van der Waals surface area contributed by atoms with E-state index in [0.717, 1.165) is 21.8 Å². The molecule has 4 N–H and O–H groups in total. The molecule has 0 spiro atoms. The maximum Gasteiger partial charge on any atom is 0.514 e. The summed E-state index contributed by atoms with van der Waals surface area (Å²) in [5.41, 5.74) is 2.26. The van der Waals surface area contributed by atoms with E-state index in [4.69, 9.17) is 14.2 Å². The molecule has 0 radical (unpaired) electrons. The second-order valence-corrected chi connectivity index (χ2v) is 17.2. The van der Waals surface area contributed by atoms with Crippen LogP contribution in [0.2, 0.25) is 0 Å². The lowest BCUT2D eigenvalue weighted by atomic mass is 9.83. The number of non-ortho nitro benzene ring substituents is 1. The van der Waals surface area contributed by atoms with Gasteiger partial charge in [-0.1, -0.05) is 79.3 Å². The molecule has 0 fully saturated rings. The van der Waals surface area contributed by atoms with Crippen molar-refractivity contribution in [2.45, 2.75) is 102 Å². The molecule has 0 saturated heterocycles. The van der Waals surface area contributed by atoms with Crippen molar-refractivity contribution in [3.63, 3.8) is 0 Å². The fourth-order valence-electron chi connectivity index (χ4n) is 8.06. The maximum atomic E-state index is 14.3. The highest BCUT2D eigenvalue weighted by atomic mass is 16.7. The molecule has 380 valence electrons. The normalized spacial score (nSPS) is 14.7. The average Bonchev–Trinajstić information content (AvgIpc) is 3.51. The van der Waals surface area contributed by atoms with Crippen molar-refractivity contribution in [3.05, 3.63) is 167 Å². The van der Waals surface area contributed by atoms with Crippen LogP contribution in [0.5, 0.6) is 11.5 Å². The molecule has 5 rings (SSSR count). The minimum Gasteiger partial charge on any atom is -0.497 e. The van der Waals surface area contributed by atoms with Gasteiger partial charge in [0.1, 0.15) is 30.2 Å². The summed E-state index contributed by atoms with van der Waals surface area (Å²) in [5.74, 6) is -1.26. The van der Waals surface area contributed by atoms with Crippen LogP contribution < -0.4 is 30.7 Å². The van der Waals surface area contributed by atoms with Gasteiger partial charge in [-0.15, -0.1) is 6.58 Å². The largest absolute Gasteiger partial charge is 0.514 e. The van der Waals surface area contributed by atoms with E-state index in [9.17, 15) is 38.9 Å². The van der Waals surface area contributed by atoms with Crippen LogP contribution in [-0.4, -0.2) is 77.8 Å². The minimum atomic E-state index is -1.02. The molecule has 17 heteroatoms. The smallest absolute Gasteiger partial charge is 0.497 e. The Kier molecular flexibility index (Phi) is 21.9. The maximum absolute atomic E-state index is 14.3. The van der Waals surface area contributed by atoms with Crippen molar-refractivity contribution >= 4 is 47.1 Å². The van der Waals surface area contributed by atoms with Gasteiger partial charge in [0, 0.05) is 49.4 Å². The monoisotopic (exact) mass is 984 g/mol. The van der Waals surface area contributed by atoms with E-state index in [2.05, 4.69) is 33.9 Å². The molecule has 5 amide bonds. The number of imide groups is 1. The summed E-state index contributed by atoms with van der Waals surface area (Å²) in [4.78, 5) is 89.7. The Bertz CT molecular complexity index is 2500. The molecule has 0 saturated carbocycles. The first-order valence-corrected chi connectivity index (χ1v) is 24.1. The number of carbonyl (C=O) groups is 6. The number of hydrogen-bond donors (Lipinski definition) is 4. The highest BCUT2D eigenvalue weighted by Gasteiger charge is 2.31. The number of anilines is 1. The third-order valence-electron chi connectivity index (χ3n) is 12.0. The van der Waals surface area contributed by atoms with Crippen LogP contribution in [0.25, 0.3) is 0 Å². The van der Waals surface area contributed by atoms with E-state index in [-0.39, 0.29) is 61.6 Å². The number of methoxy groups -OCH3 is 1. The van der Waals surface area contributed by atoms with Crippen LogP contribution in [0.4, 0.5) is 16.2 Å². The van der Waals surface area contributed by atoms with Crippen molar-refractivity contribution in [2.24, 2.45) is 0 Å². The van der Waals surface area contributed by atoms with E-state index in [1.54, 1.807) is 31.4 Å². The van der Waals surface area contributed by atoms with Gasteiger partial charge in [-0.2, -0.15) is 0 Å². The zero-order valence-corrected chi connectivity index (χ0v) is 40.8. The second-order valence-electron chi connectivity index (χ2n) is 17.2. The van der Waals surface area contributed by atoms with Crippen LogP contribution in [0.3, 0.4) is 0 Å². The Morgan fingerprint density at radius 2 is 1.56 bits per heavy atom. The van der Waals surface area contributed by atoms with Gasteiger partial charge >= 0.3 is 6.16 Å². The first-order chi connectivity index (χ1) is 34.8. The number of hydrogen-bond acceptors (Lipinski definition) is 12. The lowest BCUT2D eigenvalue weighted by Gasteiger charge is -2.34. The van der Waals surface area contributed by atoms with E-state index >= 15 is 0 Å². The molecule has 1 aliphatic heterocycles. The molecule has 0 aromatic heterocycles. The molecule has 1 aliphatic carbocycles. The molecule has 2 aliphatic rings. The molecular weight excluding hydrogens is 921 g/mol. The van der Waals surface area contributed by atoms with Crippen molar-refractivity contribution in [1.82, 2.24) is 20.9 Å².